The summed E-state index contributed by atoms with van der Waals surface area (Å²) in [5.41, 5.74) is 1.94. The zero-order valence-corrected chi connectivity index (χ0v) is 14.1. The first-order valence-electron chi connectivity index (χ1n) is 6.58. The van der Waals surface area contributed by atoms with Crippen molar-refractivity contribution in [2.75, 3.05) is 0 Å². The zero-order valence-electron chi connectivity index (χ0n) is 11.7. The Hall–Kier alpha value is -1.56. The fourth-order valence-corrected chi connectivity index (χ4v) is 4.07. The highest BCUT2D eigenvalue weighted by Gasteiger charge is 2.35. The third kappa shape index (κ3) is 3.11. The topological polar surface area (TPSA) is 37.4 Å². The standard InChI is InChI=1S/C16H12ClNO2S2/c1-10-5-6-21-13(10)8-14-15(19)18(16(20)22-14)9-11-3-2-4-12(17)7-11/h2-8H,9H2,1H3/b14-8-. The van der Waals surface area contributed by atoms with E-state index in [1.54, 1.807) is 29.5 Å². The quantitative estimate of drug-likeness (QED) is 0.736. The number of thiophene rings is 1. The average molecular weight is 350 g/mol. The summed E-state index contributed by atoms with van der Waals surface area (Å²) in [6, 6.07) is 9.17. The maximum atomic E-state index is 12.4. The average Bonchev–Trinajstić information content (AvgIpc) is 2.98. The number of rotatable bonds is 3. The molecular weight excluding hydrogens is 338 g/mol. The SMILES string of the molecule is Cc1ccsc1/C=C1\SC(=O)N(Cc2cccc(Cl)c2)C1=O. The second-order valence-electron chi connectivity index (χ2n) is 4.87. The Morgan fingerprint density at radius 3 is 2.77 bits per heavy atom. The summed E-state index contributed by atoms with van der Waals surface area (Å²) in [6.07, 6.45) is 1.79. The first kappa shape index (κ1) is 15.3. The van der Waals surface area contributed by atoms with Gasteiger partial charge in [-0.3, -0.25) is 14.5 Å². The Bertz CT molecular complexity index is 782. The Balaban J connectivity index is 1.83. The number of halogens is 1. The first-order chi connectivity index (χ1) is 10.5. The Kier molecular flexibility index (Phi) is 4.38. The van der Waals surface area contributed by atoms with Crippen LogP contribution in [0.1, 0.15) is 16.0 Å². The Morgan fingerprint density at radius 1 is 1.27 bits per heavy atom. The largest absolute Gasteiger partial charge is 0.293 e. The molecule has 0 spiro atoms. The van der Waals surface area contributed by atoms with Gasteiger partial charge in [0, 0.05) is 9.90 Å². The van der Waals surface area contributed by atoms with Crippen molar-refractivity contribution in [1.29, 1.82) is 0 Å². The van der Waals surface area contributed by atoms with Crippen LogP contribution in [0.3, 0.4) is 0 Å². The molecule has 0 unspecified atom stereocenters. The molecule has 1 saturated heterocycles. The van der Waals surface area contributed by atoms with Gasteiger partial charge in [0.05, 0.1) is 11.4 Å². The van der Waals surface area contributed by atoms with Crippen molar-refractivity contribution in [1.82, 2.24) is 4.90 Å². The number of carbonyl (C=O) groups is 2. The van der Waals surface area contributed by atoms with Gasteiger partial charge in [-0.2, -0.15) is 0 Å². The van der Waals surface area contributed by atoms with Crippen molar-refractivity contribution in [2.45, 2.75) is 13.5 Å². The molecule has 2 amide bonds. The van der Waals surface area contributed by atoms with E-state index in [1.165, 1.54) is 4.90 Å². The van der Waals surface area contributed by atoms with Crippen LogP contribution in [0, 0.1) is 6.92 Å². The van der Waals surface area contributed by atoms with Crippen molar-refractivity contribution >= 4 is 51.9 Å². The Labute approximate surface area is 141 Å². The third-order valence-corrected chi connectivity index (χ3v) is 5.38. The molecule has 0 aliphatic carbocycles. The van der Waals surface area contributed by atoms with Crippen molar-refractivity contribution in [2.24, 2.45) is 0 Å². The number of hydrogen-bond donors (Lipinski definition) is 0. The van der Waals surface area contributed by atoms with Crippen LogP contribution < -0.4 is 0 Å². The van der Waals surface area contributed by atoms with E-state index in [4.69, 9.17) is 11.6 Å². The zero-order chi connectivity index (χ0) is 15.7. The van der Waals surface area contributed by atoms with Crippen LogP contribution in [0.15, 0.2) is 40.6 Å². The molecule has 1 fully saturated rings. The van der Waals surface area contributed by atoms with Crippen LogP contribution >= 0.6 is 34.7 Å². The molecule has 3 nitrogen and oxygen atoms in total. The highest BCUT2D eigenvalue weighted by molar-refractivity contribution is 8.18. The number of aryl methyl sites for hydroxylation is 1. The predicted octanol–water partition coefficient (Wildman–Crippen LogP) is 4.95. The van der Waals surface area contributed by atoms with Gasteiger partial charge in [-0.15, -0.1) is 11.3 Å². The van der Waals surface area contributed by atoms with E-state index in [-0.39, 0.29) is 17.7 Å². The molecule has 22 heavy (non-hydrogen) atoms. The molecule has 2 heterocycles. The van der Waals surface area contributed by atoms with Gasteiger partial charge in [0.1, 0.15) is 0 Å². The molecule has 0 bridgehead atoms. The van der Waals surface area contributed by atoms with Crippen LogP contribution in [0.5, 0.6) is 0 Å². The van der Waals surface area contributed by atoms with E-state index in [2.05, 4.69) is 0 Å². The van der Waals surface area contributed by atoms with E-state index in [9.17, 15) is 9.59 Å². The highest BCUT2D eigenvalue weighted by Crippen LogP contribution is 2.34. The monoisotopic (exact) mass is 349 g/mol. The van der Waals surface area contributed by atoms with E-state index in [0.29, 0.717) is 9.93 Å². The van der Waals surface area contributed by atoms with Gasteiger partial charge in [0.15, 0.2) is 0 Å². The van der Waals surface area contributed by atoms with Crippen LogP contribution in [0.4, 0.5) is 4.79 Å². The molecule has 0 N–H and O–H groups in total. The summed E-state index contributed by atoms with van der Waals surface area (Å²) >= 11 is 8.48. The second-order valence-corrected chi connectivity index (χ2v) is 7.24. The van der Waals surface area contributed by atoms with E-state index >= 15 is 0 Å². The van der Waals surface area contributed by atoms with Crippen LogP contribution in [0.2, 0.25) is 5.02 Å². The van der Waals surface area contributed by atoms with Crippen molar-refractivity contribution in [3.05, 3.63) is 61.6 Å². The van der Waals surface area contributed by atoms with Gasteiger partial charge in [-0.25, -0.2) is 0 Å². The van der Waals surface area contributed by atoms with Gasteiger partial charge >= 0.3 is 0 Å². The van der Waals surface area contributed by atoms with E-state index in [1.807, 2.05) is 30.5 Å². The molecule has 1 aromatic carbocycles. The number of thioether (sulfide) groups is 1. The number of amides is 2. The van der Waals surface area contributed by atoms with Crippen molar-refractivity contribution in [3.63, 3.8) is 0 Å². The van der Waals surface area contributed by atoms with Gasteiger partial charge in [0.2, 0.25) is 0 Å². The molecule has 112 valence electrons. The minimum atomic E-state index is -0.247. The van der Waals surface area contributed by atoms with Gasteiger partial charge in [0.25, 0.3) is 11.1 Å². The molecule has 0 saturated carbocycles. The summed E-state index contributed by atoms with van der Waals surface area (Å²) in [7, 11) is 0. The summed E-state index contributed by atoms with van der Waals surface area (Å²) < 4.78 is 0. The lowest BCUT2D eigenvalue weighted by Gasteiger charge is -2.12. The fourth-order valence-electron chi connectivity index (χ4n) is 2.11. The molecule has 1 aromatic heterocycles. The minimum Gasteiger partial charge on any atom is -0.268 e. The van der Waals surface area contributed by atoms with Crippen LogP contribution in [-0.4, -0.2) is 16.0 Å². The lowest BCUT2D eigenvalue weighted by Crippen LogP contribution is -2.27. The normalized spacial score (nSPS) is 16.8. The van der Waals surface area contributed by atoms with Crippen LogP contribution in [-0.2, 0) is 11.3 Å². The smallest absolute Gasteiger partial charge is 0.268 e. The van der Waals surface area contributed by atoms with Crippen molar-refractivity contribution in [3.8, 4) is 0 Å². The molecular formula is C16H12ClNO2S2. The lowest BCUT2D eigenvalue weighted by molar-refractivity contribution is -0.123. The first-order valence-corrected chi connectivity index (χ1v) is 8.66. The summed E-state index contributed by atoms with van der Waals surface area (Å²) in [4.78, 5) is 27.3. The summed E-state index contributed by atoms with van der Waals surface area (Å²) in [5.74, 6) is -0.247. The maximum absolute atomic E-state index is 12.4. The van der Waals surface area contributed by atoms with E-state index < -0.39 is 0 Å². The number of carbonyl (C=O) groups excluding carboxylic acids is 2. The van der Waals surface area contributed by atoms with Gasteiger partial charge < -0.3 is 0 Å². The highest BCUT2D eigenvalue weighted by atomic mass is 35.5. The number of hydrogen-bond acceptors (Lipinski definition) is 4. The number of nitrogens with zero attached hydrogens (tertiary/aromatic N) is 1. The molecule has 3 rings (SSSR count). The second kappa shape index (κ2) is 6.28. The summed E-state index contributed by atoms with van der Waals surface area (Å²) in [6.45, 7) is 2.23. The van der Waals surface area contributed by atoms with Crippen LogP contribution in [0.25, 0.3) is 6.08 Å². The molecule has 6 heteroatoms. The lowest BCUT2D eigenvalue weighted by atomic mass is 10.2. The minimum absolute atomic E-state index is 0.242. The molecule has 0 atom stereocenters. The molecule has 0 radical (unpaired) electrons. The predicted molar refractivity (Wildman–Crippen MR) is 92.0 cm³/mol. The van der Waals surface area contributed by atoms with Gasteiger partial charge in [-0.05, 0) is 59.5 Å². The molecule has 1 aliphatic rings. The van der Waals surface area contributed by atoms with Gasteiger partial charge in [-0.1, -0.05) is 23.7 Å². The Morgan fingerprint density at radius 2 is 2.09 bits per heavy atom. The number of imide groups is 1. The maximum Gasteiger partial charge on any atom is 0.293 e. The third-order valence-electron chi connectivity index (χ3n) is 3.27. The van der Waals surface area contributed by atoms with E-state index in [0.717, 1.165) is 27.8 Å². The summed E-state index contributed by atoms with van der Waals surface area (Å²) in [5, 5.41) is 2.32. The van der Waals surface area contributed by atoms with Crippen molar-refractivity contribution < 1.29 is 9.59 Å². The fraction of sp³-hybridized carbons (Fsp3) is 0.125. The number of benzene rings is 1. The molecule has 2 aromatic rings. The molecule has 1 aliphatic heterocycles.